The lowest BCUT2D eigenvalue weighted by Gasteiger charge is -2.18. The van der Waals surface area contributed by atoms with Crippen LogP contribution in [0.5, 0.6) is 0 Å². The van der Waals surface area contributed by atoms with Gasteiger partial charge in [-0.15, -0.1) is 12.8 Å². The van der Waals surface area contributed by atoms with Gasteiger partial charge in [0.1, 0.15) is 0 Å². The molecule has 126 valence electrons. The summed E-state index contributed by atoms with van der Waals surface area (Å²) in [6.45, 7) is 0. The van der Waals surface area contributed by atoms with E-state index in [1.807, 2.05) is 12.1 Å². The predicted octanol–water partition coefficient (Wildman–Crippen LogP) is 6.85. The number of hydrogen-bond acceptors (Lipinski definition) is 0. The third-order valence-corrected chi connectivity index (χ3v) is 5.96. The Labute approximate surface area is 162 Å². The van der Waals surface area contributed by atoms with Gasteiger partial charge in [0.2, 0.25) is 0 Å². The van der Waals surface area contributed by atoms with E-state index in [-0.39, 0.29) is 0 Å². The van der Waals surface area contributed by atoms with Crippen molar-refractivity contribution in [3.8, 4) is 24.7 Å². The number of rotatable bonds is 0. The highest BCUT2D eigenvalue weighted by atomic mass is 14.2. The monoisotopic (exact) mass is 350 g/mol. The van der Waals surface area contributed by atoms with Gasteiger partial charge in [-0.3, -0.25) is 0 Å². The number of hydrogen-bond donors (Lipinski definition) is 0. The van der Waals surface area contributed by atoms with Crippen LogP contribution < -0.4 is 0 Å². The summed E-state index contributed by atoms with van der Waals surface area (Å²) in [6.07, 6.45) is 12.0. The van der Waals surface area contributed by atoms with Gasteiger partial charge in [-0.2, -0.15) is 0 Å². The van der Waals surface area contributed by atoms with E-state index in [4.69, 9.17) is 12.8 Å². The van der Waals surface area contributed by atoms with E-state index in [1.54, 1.807) is 0 Å². The van der Waals surface area contributed by atoms with Gasteiger partial charge in [-0.05, 0) is 53.9 Å². The molecule has 0 saturated carbocycles. The van der Waals surface area contributed by atoms with E-state index < -0.39 is 0 Å². The minimum Gasteiger partial charge on any atom is -0.115 e. The van der Waals surface area contributed by atoms with Gasteiger partial charge in [-0.25, -0.2) is 0 Å². The summed E-state index contributed by atoms with van der Waals surface area (Å²) in [7, 11) is 0. The Morgan fingerprint density at radius 2 is 0.750 bits per heavy atom. The average Bonchev–Trinajstić information content (AvgIpc) is 2.76. The van der Waals surface area contributed by atoms with Crippen molar-refractivity contribution in [1.82, 2.24) is 0 Å². The second kappa shape index (κ2) is 5.26. The normalized spacial score (nSPS) is 11.5. The van der Waals surface area contributed by atoms with E-state index in [1.165, 1.54) is 32.3 Å². The molecule has 0 aliphatic rings. The summed E-state index contributed by atoms with van der Waals surface area (Å²) in [5.74, 6) is 5.90. The molecule has 6 rings (SSSR count). The molecule has 28 heavy (non-hydrogen) atoms. The molecule has 0 heteroatoms. The minimum absolute atomic E-state index is 0.952. The van der Waals surface area contributed by atoms with Crippen LogP contribution in [0.1, 0.15) is 11.1 Å². The topological polar surface area (TPSA) is 0 Å². The van der Waals surface area contributed by atoms with E-state index in [0.717, 1.165) is 32.7 Å². The van der Waals surface area contributed by atoms with E-state index >= 15 is 0 Å². The summed E-state index contributed by atoms with van der Waals surface area (Å²) in [5, 5.41) is 11.7. The third-order valence-electron chi connectivity index (χ3n) is 5.96. The Hall–Kier alpha value is -4.00. The van der Waals surface area contributed by atoms with Crippen LogP contribution in [0.25, 0.3) is 53.9 Å². The standard InChI is InChI=1S/C28H14/c1-3-17-19-9-5-7-11-21(19)25-16-14-24-18(4-2)20-10-6-8-12-22(20)26-15-13-23(17)27(25)28(24)26/h1-2,5-16H. The number of fused-ring (bicyclic) bond motifs is 4. The fourth-order valence-electron chi connectivity index (χ4n) is 4.83. The van der Waals surface area contributed by atoms with Crippen LogP contribution in [0.2, 0.25) is 0 Å². The van der Waals surface area contributed by atoms with E-state index in [9.17, 15) is 0 Å². The van der Waals surface area contributed by atoms with Gasteiger partial charge in [0.25, 0.3) is 0 Å². The summed E-state index contributed by atoms with van der Waals surface area (Å²) in [5.41, 5.74) is 1.90. The molecular weight excluding hydrogens is 336 g/mol. The Kier molecular flexibility index (Phi) is 2.84. The lowest BCUT2D eigenvalue weighted by molar-refractivity contribution is 1.75. The van der Waals surface area contributed by atoms with Crippen LogP contribution in [-0.2, 0) is 0 Å². The maximum absolute atomic E-state index is 5.98. The molecule has 0 amide bonds. The minimum atomic E-state index is 0.952. The number of benzene rings is 6. The van der Waals surface area contributed by atoms with E-state index in [2.05, 4.69) is 72.5 Å². The summed E-state index contributed by atoms with van der Waals surface area (Å²) in [4.78, 5) is 0. The van der Waals surface area contributed by atoms with Gasteiger partial charge in [0.05, 0.1) is 0 Å². The number of terminal acetylenes is 2. The Balaban J connectivity index is 2.06. The van der Waals surface area contributed by atoms with Crippen molar-refractivity contribution in [2.45, 2.75) is 0 Å². The maximum atomic E-state index is 5.98. The van der Waals surface area contributed by atoms with Crippen molar-refractivity contribution in [1.29, 1.82) is 0 Å². The molecule has 0 nitrogen and oxygen atoms in total. The van der Waals surface area contributed by atoms with Gasteiger partial charge in [0.15, 0.2) is 0 Å². The van der Waals surface area contributed by atoms with Gasteiger partial charge in [-0.1, -0.05) is 84.6 Å². The second-order valence-electron chi connectivity index (χ2n) is 7.20. The second-order valence-corrected chi connectivity index (χ2v) is 7.20. The molecule has 6 aromatic carbocycles. The molecule has 0 radical (unpaired) electrons. The molecule has 0 heterocycles. The zero-order valence-electron chi connectivity index (χ0n) is 15.1. The smallest absolute Gasteiger partial charge is 0.0400 e. The van der Waals surface area contributed by atoms with E-state index in [0.29, 0.717) is 0 Å². The van der Waals surface area contributed by atoms with Crippen molar-refractivity contribution in [3.63, 3.8) is 0 Å². The Morgan fingerprint density at radius 3 is 1.14 bits per heavy atom. The van der Waals surface area contributed by atoms with Crippen molar-refractivity contribution >= 4 is 53.9 Å². The van der Waals surface area contributed by atoms with Crippen LogP contribution >= 0.6 is 0 Å². The molecule has 0 unspecified atom stereocenters. The highest BCUT2D eigenvalue weighted by molar-refractivity contribution is 6.35. The molecule has 0 aliphatic heterocycles. The van der Waals surface area contributed by atoms with Crippen LogP contribution in [0.15, 0.2) is 72.8 Å². The lowest BCUT2D eigenvalue weighted by atomic mass is 9.84. The average molecular weight is 350 g/mol. The SMILES string of the molecule is C#Cc1c2ccccc2c2ccc3c(C#C)c4ccccc4c4ccc1c2c34. The molecular formula is C28H14. The molecule has 0 fully saturated rings. The van der Waals surface area contributed by atoms with Crippen molar-refractivity contribution in [2.75, 3.05) is 0 Å². The third kappa shape index (κ3) is 1.68. The summed E-state index contributed by atoms with van der Waals surface area (Å²) >= 11 is 0. The molecule has 6 aromatic rings. The first kappa shape index (κ1) is 15.1. The van der Waals surface area contributed by atoms with Crippen LogP contribution in [0.3, 0.4) is 0 Å². The van der Waals surface area contributed by atoms with Crippen molar-refractivity contribution in [2.24, 2.45) is 0 Å². The highest BCUT2D eigenvalue weighted by Crippen LogP contribution is 2.44. The molecule has 0 saturated heterocycles. The zero-order chi connectivity index (χ0) is 18.8. The summed E-state index contributed by atoms with van der Waals surface area (Å²) in [6, 6.07) is 25.5. The lowest BCUT2D eigenvalue weighted by Crippen LogP contribution is -1.93. The van der Waals surface area contributed by atoms with Gasteiger partial charge < -0.3 is 0 Å². The van der Waals surface area contributed by atoms with Gasteiger partial charge >= 0.3 is 0 Å². The fraction of sp³-hybridized carbons (Fsp3) is 0. The first-order valence-electron chi connectivity index (χ1n) is 9.30. The quantitative estimate of drug-likeness (QED) is 0.160. The first-order valence-corrected chi connectivity index (χ1v) is 9.30. The highest BCUT2D eigenvalue weighted by Gasteiger charge is 2.18. The van der Waals surface area contributed by atoms with Crippen LogP contribution in [0, 0.1) is 24.7 Å². The first-order chi connectivity index (χ1) is 13.8. The maximum Gasteiger partial charge on any atom is 0.0400 e. The largest absolute Gasteiger partial charge is 0.115 e. The summed E-state index contributed by atoms with van der Waals surface area (Å²) < 4.78 is 0. The Bertz CT molecular complexity index is 1540. The molecule has 0 aromatic heterocycles. The molecule has 0 spiro atoms. The van der Waals surface area contributed by atoms with Crippen molar-refractivity contribution in [3.05, 3.63) is 83.9 Å². The Morgan fingerprint density at radius 1 is 0.393 bits per heavy atom. The van der Waals surface area contributed by atoms with Gasteiger partial charge in [0, 0.05) is 11.1 Å². The van der Waals surface area contributed by atoms with Crippen molar-refractivity contribution < 1.29 is 0 Å². The molecule has 0 aliphatic carbocycles. The molecule has 0 atom stereocenters. The fourth-order valence-corrected chi connectivity index (χ4v) is 4.83. The predicted molar refractivity (Wildman–Crippen MR) is 121 cm³/mol. The zero-order valence-corrected chi connectivity index (χ0v) is 15.1. The van der Waals surface area contributed by atoms with Crippen LogP contribution in [0.4, 0.5) is 0 Å². The van der Waals surface area contributed by atoms with Crippen LogP contribution in [-0.4, -0.2) is 0 Å². The molecule has 0 bridgehead atoms. The molecule has 0 N–H and O–H groups in total.